The van der Waals surface area contributed by atoms with Crippen molar-refractivity contribution in [3.63, 3.8) is 0 Å². The molecule has 7 heteroatoms. The summed E-state index contributed by atoms with van der Waals surface area (Å²) in [5.74, 6) is 0. The quantitative estimate of drug-likeness (QED) is 0.700. The molecule has 0 aliphatic carbocycles. The summed E-state index contributed by atoms with van der Waals surface area (Å²) in [5, 5.41) is 12.5. The maximum absolute atomic E-state index is 11.3. The van der Waals surface area contributed by atoms with Crippen LogP contribution in [0.3, 0.4) is 0 Å². The second kappa shape index (κ2) is 6.87. The fourth-order valence-electron chi connectivity index (χ4n) is 3.33. The van der Waals surface area contributed by atoms with Crippen molar-refractivity contribution in [2.24, 2.45) is 4.99 Å². The molecule has 0 amide bonds. The third-order valence-electron chi connectivity index (χ3n) is 4.80. The summed E-state index contributed by atoms with van der Waals surface area (Å²) in [6, 6.07) is 11.4. The van der Waals surface area contributed by atoms with Gasteiger partial charge < -0.3 is 14.1 Å². The first-order valence-corrected chi connectivity index (χ1v) is 10.9. The number of β-amino-alcohol motifs (C(OH)–C–C–N with tert-alkyl or cyclic N) is 1. The van der Waals surface area contributed by atoms with Crippen LogP contribution in [-0.4, -0.2) is 58.6 Å². The molecule has 0 saturated heterocycles. The van der Waals surface area contributed by atoms with E-state index >= 15 is 0 Å². The lowest BCUT2D eigenvalue weighted by atomic mass is 10.1. The van der Waals surface area contributed by atoms with Crippen LogP contribution in [0.2, 0.25) is 5.02 Å². The van der Waals surface area contributed by atoms with E-state index in [0.29, 0.717) is 24.7 Å². The molecule has 2 heterocycles. The molecule has 0 saturated carbocycles. The zero-order valence-electron chi connectivity index (χ0n) is 14.5. The molecule has 0 spiro atoms. The predicted octanol–water partition coefficient (Wildman–Crippen LogP) is 4.21. The lowest BCUT2D eigenvalue weighted by Gasteiger charge is -2.36. The highest BCUT2D eigenvalue weighted by Crippen LogP contribution is 2.51. The number of furan rings is 1. The predicted molar refractivity (Wildman–Crippen MR) is 109 cm³/mol. The van der Waals surface area contributed by atoms with Crippen molar-refractivity contribution >= 4 is 48.9 Å². The topological polar surface area (TPSA) is 69.2 Å². The number of fused-ring (bicyclic) bond motifs is 3. The molecule has 1 unspecified atom stereocenters. The Balaban J connectivity index is 1.76. The smallest absolute Gasteiger partial charge is 0.135 e. The minimum absolute atomic E-state index is 0.110. The minimum atomic E-state index is -2.21. The van der Waals surface area contributed by atoms with Gasteiger partial charge in [-0.15, -0.1) is 0 Å². The van der Waals surface area contributed by atoms with Crippen LogP contribution in [0.1, 0.15) is 0 Å². The Hall–Kier alpha value is -1.57. The van der Waals surface area contributed by atoms with Crippen LogP contribution in [0.15, 0.2) is 50.7 Å². The number of aliphatic hydroxyl groups is 1. The lowest BCUT2D eigenvalue weighted by molar-refractivity contribution is 0.212. The Morgan fingerprint density at radius 3 is 2.69 bits per heavy atom. The second-order valence-electron chi connectivity index (χ2n) is 6.55. The Morgan fingerprint density at radius 2 is 1.92 bits per heavy atom. The molecular weight excluding hydrogens is 372 g/mol. The van der Waals surface area contributed by atoms with E-state index in [9.17, 15) is 9.66 Å². The van der Waals surface area contributed by atoms with Crippen molar-refractivity contribution in [1.82, 2.24) is 4.90 Å². The largest absolute Gasteiger partial charge is 0.456 e. The van der Waals surface area contributed by atoms with Crippen molar-refractivity contribution in [3.8, 4) is 0 Å². The number of rotatable bonds is 3. The molecule has 1 aromatic heterocycles. The number of aliphatic imine (C=N–C) groups is 1. The maximum atomic E-state index is 11.3. The van der Waals surface area contributed by atoms with Crippen LogP contribution in [0, 0.1) is 0 Å². The van der Waals surface area contributed by atoms with Gasteiger partial charge in [0, 0.05) is 40.3 Å². The molecule has 4 rings (SSSR count). The summed E-state index contributed by atoms with van der Waals surface area (Å²) in [7, 11) is -2.21. The van der Waals surface area contributed by atoms with Gasteiger partial charge in [-0.25, -0.2) is 0 Å². The molecule has 0 radical (unpaired) electrons. The fraction of sp³-hybridized carbons (Fsp3) is 0.316. The number of benzene rings is 2. The zero-order chi connectivity index (χ0) is 18.3. The van der Waals surface area contributed by atoms with Crippen LogP contribution < -0.4 is 0 Å². The van der Waals surface area contributed by atoms with Gasteiger partial charge in [0.25, 0.3) is 0 Å². The van der Waals surface area contributed by atoms with Gasteiger partial charge >= 0.3 is 0 Å². The summed E-state index contributed by atoms with van der Waals surface area (Å²) < 4.78 is 17.2. The highest BCUT2D eigenvalue weighted by Gasteiger charge is 2.28. The van der Waals surface area contributed by atoms with Crippen molar-refractivity contribution in [3.05, 3.63) is 41.4 Å². The molecule has 1 aliphatic rings. The molecule has 26 heavy (non-hydrogen) atoms. The number of halogens is 1. The third kappa shape index (κ3) is 3.12. The molecule has 0 bridgehead atoms. The van der Waals surface area contributed by atoms with E-state index in [-0.39, 0.29) is 6.61 Å². The van der Waals surface area contributed by atoms with E-state index in [1.165, 1.54) is 0 Å². The molecule has 3 aromatic rings. The van der Waals surface area contributed by atoms with Crippen LogP contribution in [0.4, 0.5) is 0 Å². The van der Waals surface area contributed by atoms with E-state index in [1.807, 2.05) is 36.6 Å². The van der Waals surface area contributed by atoms with Gasteiger partial charge in [0.15, 0.2) is 0 Å². The van der Waals surface area contributed by atoms with Crippen molar-refractivity contribution < 1.29 is 14.1 Å². The zero-order valence-corrected chi connectivity index (χ0v) is 16.1. The van der Waals surface area contributed by atoms with Gasteiger partial charge in [-0.05, 0) is 42.7 Å². The molecule has 2 N–H and O–H groups in total. The first-order chi connectivity index (χ1) is 12.5. The van der Waals surface area contributed by atoms with Gasteiger partial charge in [0.1, 0.15) is 11.2 Å². The van der Waals surface area contributed by atoms with Gasteiger partial charge in [-0.1, -0.05) is 21.9 Å². The average Bonchev–Trinajstić information content (AvgIpc) is 2.99. The maximum Gasteiger partial charge on any atom is 0.135 e. The van der Waals surface area contributed by atoms with Crippen LogP contribution >= 0.6 is 21.9 Å². The Bertz CT molecular complexity index is 999. The number of aliphatic hydroxyl groups excluding tert-OH is 1. The minimum Gasteiger partial charge on any atom is -0.456 e. The molecule has 138 valence electrons. The summed E-state index contributed by atoms with van der Waals surface area (Å²) in [6.07, 6.45) is 1.85. The Labute approximate surface area is 158 Å². The first-order valence-electron chi connectivity index (χ1n) is 8.48. The van der Waals surface area contributed by atoms with E-state index in [4.69, 9.17) is 16.0 Å². The molecule has 0 fully saturated rings. The molecular formula is C19H21ClN2O3S. The van der Waals surface area contributed by atoms with E-state index < -0.39 is 10.3 Å². The Morgan fingerprint density at radius 1 is 1.19 bits per heavy atom. The van der Waals surface area contributed by atoms with Crippen molar-refractivity contribution in [2.75, 3.05) is 39.0 Å². The first kappa shape index (κ1) is 17.8. The number of hydrogen-bond donors (Lipinski definition) is 2. The summed E-state index contributed by atoms with van der Waals surface area (Å²) >= 11 is 6.14. The number of hydrogen-bond acceptors (Lipinski definition) is 5. The average molecular weight is 393 g/mol. The van der Waals surface area contributed by atoms with E-state index in [1.54, 1.807) is 6.07 Å². The SMILES string of the molecule is CS(O)(C1=NCCN(CCO)C1)c1ccc2oc3ccc(Cl)cc3c2c1. The monoisotopic (exact) mass is 392 g/mol. The van der Waals surface area contributed by atoms with Gasteiger partial charge in [0.05, 0.1) is 18.2 Å². The standard InChI is InChI=1S/C19H21ClN2O3S/c1-26(24,19-12-22(8-9-23)7-6-21-19)14-3-5-18-16(11-14)15-10-13(20)2-4-17(15)25-18/h2-5,10-11,23-24H,6-9,12H2,1H3. The fourth-order valence-corrected chi connectivity index (χ4v) is 5.23. The van der Waals surface area contributed by atoms with E-state index in [0.717, 1.165) is 38.4 Å². The Kier molecular flexibility index (Phi) is 4.71. The molecule has 1 atom stereocenters. The van der Waals surface area contributed by atoms with Gasteiger partial charge in [-0.2, -0.15) is 0 Å². The molecule has 1 aliphatic heterocycles. The van der Waals surface area contributed by atoms with E-state index in [2.05, 4.69) is 9.89 Å². The summed E-state index contributed by atoms with van der Waals surface area (Å²) in [5.41, 5.74) is 1.55. The number of nitrogens with zero attached hydrogens (tertiary/aromatic N) is 2. The van der Waals surface area contributed by atoms with Gasteiger partial charge in [0.2, 0.25) is 0 Å². The third-order valence-corrected chi connectivity index (χ3v) is 7.38. The summed E-state index contributed by atoms with van der Waals surface area (Å²) in [4.78, 5) is 7.56. The van der Waals surface area contributed by atoms with Crippen molar-refractivity contribution in [1.29, 1.82) is 0 Å². The normalized spacial score (nSPS) is 19.5. The van der Waals surface area contributed by atoms with Crippen LogP contribution in [0.25, 0.3) is 21.9 Å². The summed E-state index contributed by atoms with van der Waals surface area (Å²) in [6.45, 7) is 2.74. The lowest BCUT2D eigenvalue weighted by Crippen LogP contribution is -2.39. The molecule has 5 nitrogen and oxygen atoms in total. The second-order valence-corrected chi connectivity index (χ2v) is 9.68. The molecule has 2 aromatic carbocycles. The highest BCUT2D eigenvalue weighted by atomic mass is 35.5. The van der Waals surface area contributed by atoms with Gasteiger partial charge in [-0.3, -0.25) is 9.89 Å². The highest BCUT2D eigenvalue weighted by molar-refractivity contribution is 8.40. The van der Waals surface area contributed by atoms with Crippen molar-refractivity contribution in [2.45, 2.75) is 4.90 Å². The van der Waals surface area contributed by atoms with Crippen LogP contribution in [0.5, 0.6) is 0 Å². The van der Waals surface area contributed by atoms with Crippen LogP contribution in [-0.2, 0) is 0 Å².